The summed E-state index contributed by atoms with van der Waals surface area (Å²) in [5.74, 6) is -1.34. The second-order valence-electron chi connectivity index (χ2n) is 7.90. The lowest BCUT2D eigenvalue weighted by atomic mass is 9.88. The summed E-state index contributed by atoms with van der Waals surface area (Å²) < 4.78 is 13.6. The van der Waals surface area contributed by atoms with E-state index in [4.69, 9.17) is 0 Å². The van der Waals surface area contributed by atoms with E-state index in [9.17, 15) is 23.9 Å². The van der Waals surface area contributed by atoms with Crippen molar-refractivity contribution in [3.8, 4) is 16.9 Å². The molecule has 0 aromatic heterocycles. The minimum Gasteiger partial charge on any atom is -0.508 e. The fourth-order valence-electron chi connectivity index (χ4n) is 4.28. The number of hydrogen-bond donors (Lipinski definition) is 3. The van der Waals surface area contributed by atoms with Gasteiger partial charge >= 0.3 is 6.03 Å². The molecular weight excluding hydrogens is 413 g/mol. The smallest absolute Gasteiger partial charge is 0.322 e. The summed E-state index contributed by atoms with van der Waals surface area (Å²) in [5, 5.41) is 14.7. The van der Waals surface area contributed by atoms with Crippen LogP contribution in [-0.4, -0.2) is 34.4 Å². The highest BCUT2D eigenvalue weighted by Crippen LogP contribution is 2.33. The molecule has 2 heterocycles. The van der Waals surface area contributed by atoms with Crippen LogP contribution in [0.15, 0.2) is 66.7 Å². The summed E-state index contributed by atoms with van der Waals surface area (Å²) >= 11 is 0. The lowest BCUT2D eigenvalue weighted by molar-refractivity contribution is -0.124. The third-order valence-electron chi connectivity index (χ3n) is 5.88. The summed E-state index contributed by atoms with van der Waals surface area (Å²) in [7, 11) is 0. The van der Waals surface area contributed by atoms with Gasteiger partial charge in [-0.25, -0.2) is 9.18 Å². The van der Waals surface area contributed by atoms with Crippen LogP contribution < -0.4 is 10.6 Å². The van der Waals surface area contributed by atoms with Gasteiger partial charge in [-0.2, -0.15) is 0 Å². The van der Waals surface area contributed by atoms with E-state index < -0.39 is 29.2 Å². The molecule has 1 saturated heterocycles. The Bertz CT molecular complexity index is 1270. The van der Waals surface area contributed by atoms with Crippen molar-refractivity contribution in [2.75, 3.05) is 6.54 Å². The predicted octanol–water partition coefficient (Wildman–Crippen LogP) is 2.89. The van der Waals surface area contributed by atoms with Crippen LogP contribution in [0.25, 0.3) is 11.1 Å². The number of rotatable bonds is 4. The van der Waals surface area contributed by atoms with Crippen molar-refractivity contribution in [1.82, 2.24) is 15.5 Å². The predicted molar refractivity (Wildman–Crippen MR) is 113 cm³/mol. The van der Waals surface area contributed by atoms with Crippen molar-refractivity contribution in [1.29, 1.82) is 0 Å². The average Bonchev–Trinajstić information content (AvgIpc) is 3.24. The second-order valence-corrected chi connectivity index (χ2v) is 7.90. The summed E-state index contributed by atoms with van der Waals surface area (Å²) in [6, 6.07) is 17.1. The van der Waals surface area contributed by atoms with Gasteiger partial charge in [0.2, 0.25) is 0 Å². The molecule has 0 unspecified atom stereocenters. The van der Waals surface area contributed by atoms with Gasteiger partial charge in [-0.05, 0) is 46.5 Å². The molecule has 0 aliphatic carbocycles. The summed E-state index contributed by atoms with van der Waals surface area (Å²) in [5.41, 5.74) is 1.53. The molecule has 3 aromatic rings. The fourth-order valence-corrected chi connectivity index (χ4v) is 4.28. The quantitative estimate of drug-likeness (QED) is 0.553. The molecule has 0 radical (unpaired) electrons. The van der Waals surface area contributed by atoms with E-state index in [-0.39, 0.29) is 24.4 Å². The van der Waals surface area contributed by atoms with Crippen molar-refractivity contribution in [2.45, 2.75) is 12.1 Å². The lowest BCUT2D eigenvalue weighted by Gasteiger charge is -2.31. The van der Waals surface area contributed by atoms with Gasteiger partial charge in [0.15, 0.2) is 5.54 Å². The van der Waals surface area contributed by atoms with Gasteiger partial charge in [-0.15, -0.1) is 0 Å². The number of fused-ring (bicyclic) bond motifs is 1. The molecule has 160 valence electrons. The Morgan fingerprint density at radius 2 is 1.75 bits per heavy atom. The Labute approximate surface area is 182 Å². The number of carbonyl (C=O) groups excluding carboxylic acids is 3. The van der Waals surface area contributed by atoms with E-state index >= 15 is 0 Å². The zero-order chi connectivity index (χ0) is 22.5. The van der Waals surface area contributed by atoms with Gasteiger partial charge in [-0.3, -0.25) is 14.9 Å². The number of urea groups is 1. The monoisotopic (exact) mass is 431 g/mol. The number of benzene rings is 3. The Morgan fingerprint density at radius 3 is 2.44 bits per heavy atom. The molecule has 2 aliphatic rings. The van der Waals surface area contributed by atoms with E-state index in [2.05, 4.69) is 10.6 Å². The maximum Gasteiger partial charge on any atom is 0.322 e. The number of phenols is 1. The first-order valence-corrected chi connectivity index (χ1v) is 9.97. The third-order valence-corrected chi connectivity index (χ3v) is 5.88. The molecule has 1 fully saturated rings. The van der Waals surface area contributed by atoms with Crippen LogP contribution in [0, 0.1) is 5.82 Å². The second kappa shape index (κ2) is 7.19. The van der Waals surface area contributed by atoms with Gasteiger partial charge in [-0.1, -0.05) is 42.5 Å². The van der Waals surface area contributed by atoms with Crippen molar-refractivity contribution in [2.24, 2.45) is 0 Å². The van der Waals surface area contributed by atoms with Crippen LogP contribution in [-0.2, 0) is 16.9 Å². The molecule has 5 rings (SSSR count). The molecule has 0 bridgehead atoms. The van der Waals surface area contributed by atoms with E-state index in [1.807, 2.05) is 6.07 Å². The topological polar surface area (TPSA) is 98.7 Å². The molecule has 1 atom stereocenters. The Hall–Kier alpha value is -4.20. The van der Waals surface area contributed by atoms with Crippen molar-refractivity contribution < 1.29 is 23.9 Å². The van der Waals surface area contributed by atoms with Gasteiger partial charge in [0.05, 0.1) is 6.54 Å². The summed E-state index contributed by atoms with van der Waals surface area (Å²) in [6.45, 7) is 0.103. The van der Waals surface area contributed by atoms with Gasteiger partial charge in [0.25, 0.3) is 11.8 Å². The Morgan fingerprint density at radius 1 is 0.969 bits per heavy atom. The highest BCUT2D eigenvalue weighted by atomic mass is 19.1. The van der Waals surface area contributed by atoms with Crippen molar-refractivity contribution in [3.63, 3.8) is 0 Å². The number of phenolic OH excluding ortho intramolecular Hbond substituents is 1. The minimum atomic E-state index is -1.48. The Balaban J connectivity index is 1.49. The van der Waals surface area contributed by atoms with Crippen LogP contribution in [0.5, 0.6) is 5.75 Å². The van der Waals surface area contributed by atoms with E-state index in [1.54, 1.807) is 48.5 Å². The highest BCUT2D eigenvalue weighted by Gasteiger charge is 2.50. The van der Waals surface area contributed by atoms with Gasteiger partial charge in [0.1, 0.15) is 11.6 Å². The summed E-state index contributed by atoms with van der Waals surface area (Å²) in [6.07, 6.45) is 0. The van der Waals surface area contributed by atoms with Crippen LogP contribution >= 0.6 is 0 Å². The van der Waals surface area contributed by atoms with E-state index in [1.165, 1.54) is 17.0 Å². The molecule has 0 spiro atoms. The number of halogens is 1. The normalized spacial score (nSPS) is 19.7. The van der Waals surface area contributed by atoms with Crippen molar-refractivity contribution in [3.05, 3.63) is 89.2 Å². The highest BCUT2D eigenvalue weighted by molar-refractivity contribution is 6.08. The largest absolute Gasteiger partial charge is 0.508 e. The molecule has 0 saturated carbocycles. The number of aromatic hydroxyl groups is 1. The number of carbonyl (C=O) groups is 3. The SMILES string of the molecule is O=C1NC(=O)[C@](CN2Cc3ccc(F)cc3C2=O)(c2ccc(-c3cccc(O)c3)cc2)N1. The summed E-state index contributed by atoms with van der Waals surface area (Å²) in [4.78, 5) is 39.3. The van der Waals surface area contributed by atoms with E-state index in [0.29, 0.717) is 11.1 Å². The maximum atomic E-state index is 13.6. The van der Waals surface area contributed by atoms with E-state index in [0.717, 1.165) is 11.1 Å². The first-order valence-electron chi connectivity index (χ1n) is 9.97. The standard InChI is InChI=1S/C24H18FN3O4/c25-18-9-6-16-12-28(21(30)20(16)11-18)13-24(22(31)26-23(32)27-24)17-7-4-14(5-8-17)15-2-1-3-19(29)10-15/h1-11,29H,12-13H2,(H2,26,27,31,32)/t24-/m0/s1. The fraction of sp³-hybridized carbons (Fsp3) is 0.125. The maximum absolute atomic E-state index is 13.6. The average molecular weight is 431 g/mol. The molecule has 8 heteroatoms. The minimum absolute atomic E-state index is 0.106. The third kappa shape index (κ3) is 3.17. The lowest BCUT2D eigenvalue weighted by Crippen LogP contribution is -2.52. The number of nitrogens with one attached hydrogen (secondary N) is 2. The number of nitrogens with zero attached hydrogens (tertiary/aromatic N) is 1. The number of hydrogen-bond acceptors (Lipinski definition) is 4. The van der Waals surface area contributed by atoms with Crippen molar-refractivity contribution >= 4 is 17.8 Å². The molecule has 4 amide bonds. The van der Waals surface area contributed by atoms with Crippen LogP contribution in [0.4, 0.5) is 9.18 Å². The van der Waals surface area contributed by atoms with Crippen LogP contribution in [0.1, 0.15) is 21.5 Å². The molecule has 3 aromatic carbocycles. The van der Waals surface area contributed by atoms with Gasteiger partial charge < -0.3 is 15.3 Å². The Kier molecular flexibility index (Phi) is 4.44. The molecule has 3 N–H and O–H groups in total. The number of imide groups is 1. The number of amides is 4. The van der Waals surface area contributed by atoms with Crippen LogP contribution in [0.3, 0.4) is 0 Å². The molecule has 2 aliphatic heterocycles. The zero-order valence-corrected chi connectivity index (χ0v) is 16.8. The first-order chi connectivity index (χ1) is 15.4. The molecular formula is C24H18FN3O4. The first kappa shape index (κ1) is 19.7. The molecule has 7 nitrogen and oxygen atoms in total. The molecule has 32 heavy (non-hydrogen) atoms. The van der Waals surface area contributed by atoms with Gasteiger partial charge in [0, 0.05) is 12.1 Å². The van der Waals surface area contributed by atoms with Crippen LogP contribution in [0.2, 0.25) is 0 Å². The zero-order valence-electron chi connectivity index (χ0n) is 16.8.